The second-order valence-corrected chi connectivity index (χ2v) is 8.55. The van der Waals surface area contributed by atoms with Crippen LogP contribution in [0.15, 0.2) is 57.4 Å². The molecule has 1 aliphatic carbocycles. The SMILES string of the molecule is Cc1cc2ccc(CC3CCCC3(C)c3ccc4cc(C)oc4c3)cc2o1. The van der Waals surface area contributed by atoms with E-state index < -0.39 is 0 Å². The molecular weight excluding hydrogens is 332 g/mol. The third kappa shape index (κ3) is 2.79. The van der Waals surface area contributed by atoms with Gasteiger partial charge in [-0.15, -0.1) is 0 Å². The summed E-state index contributed by atoms with van der Waals surface area (Å²) in [4.78, 5) is 0. The van der Waals surface area contributed by atoms with E-state index >= 15 is 0 Å². The van der Waals surface area contributed by atoms with Crippen LogP contribution in [0.2, 0.25) is 0 Å². The van der Waals surface area contributed by atoms with Gasteiger partial charge in [0.1, 0.15) is 22.7 Å². The van der Waals surface area contributed by atoms with Crippen molar-refractivity contribution >= 4 is 21.9 Å². The van der Waals surface area contributed by atoms with Gasteiger partial charge < -0.3 is 8.83 Å². The van der Waals surface area contributed by atoms with Gasteiger partial charge in [-0.2, -0.15) is 0 Å². The summed E-state index contributed by atoms with van der Waals surface area (Å²) in [6.45, 7) is 6.48. The monoisotopic (exact) mass is 358 g/mol. The molecule has 2 heteroatoms. The van der Waals surface area contributed by atoms with E-state index in [9.17, 15) is 0 Å². The molecule has 138 valence electrons. The molecule has 0 N–H and O–H groups in total. The lowest BCUT2D eigenvalue weighted by atomic mass is 9.71. The molecule has 2 aromatic heterocycles. The van der Waals surface area contributed by atoms with Crippen molar-refractivity contribution in [3.63, 3.8) is 0 Å². The fourth-order valence-electron chi connectivity index (χ4n) is 5.08. The van der Waals surface area contributed by atoms with Crippen LogP contribution < -0.4 is 0 Å². The predicted molar refractivity (Wildman–Crippen MR) is 110 cm³/mol. The van der Waals surface area contributed by atoms with E-state index in [1.54, 1.807) is 0 Å². The quantitative estimate of drug-likeness (QED) is 0.390. The van der Waals surface area contributed by atoms with Crippen molar-refractivity contribution < 1.29 is 8.83 Å². The lowest BCUT2D eigenvalue weighted by molar-refractivity contribution is 0.342. The minimum atomic E-state index is 0.197. The Morgan fingerprint density at radius 3 is 2.30 bits per heavy atom. The van der Waals surface area contributed by atoms with Crippen molar-refractivity contribution in [3.05, 3.63) is 71.2 Å². The summed E-state index contributed by atoms with van der Waals surface area (Å²) in [6.07, 6.45) is 4.91. The van der Waals surface area contributed by atoms with Gasteiger partial charge >= 0.3 is 0 Å². The number of aryl methyl sites for hydroxylation is 2. The van der Waals surface area contributed by atoms with Crippen LogP contribution in [0.25, 0.3) is 21.9 Å². The Kier molecular flexibility index (Phi) is 3.72. The van der Waals surface area contributed by atoms with E-state index in [2.05, 4.69) is 55.5 Å². The first-order valence-electron chi connectivity index (χ1n) is 10.0. The average Bonchev–Trinajstić information content (AvgIpc) is 3.30. The summed E-state index contributed by atoms with van der Waals surface area (Å²) >= 11 is 0. The van der Waals surface area contributed by atoms with Gasteiger partial charge in [-0.3, -0.25) is 0 Å². The van der Waals surface area contributed by atoms with Crippen LogP contribution in [-0.4, -0.2) is 0 Å². The summed E-state index contributed by atoms with van der Waals surface area (Å²) in [5.41, 5.74) is 5.02. The Hall–Kier alpha value is -2.48. The first kappa shape index (κ1) is 16.7. The van der Waals surface area contributed by atoms with Gasteiger partial charge in [-0.1, -0.05) is 37.6 Å². The molecule has 2 nitrogen and oxygen atoms in total. The molecule has 2 atom stereocenters. The summed E-state index contributed by atoms with van der Waals surface area (Å²) < 4.78 is 11.8. The molecule has 0 saturated heterocycles. The van der Waals surface area contributed by atoms with Crippen molar-refractivity contribution in [2.75, 3.05) is 0 Å². The third-order valence-electron chi connectivity index (χ3n) is 6.64. The van der Waals surface area contributed by atoms with Gasteiger partial charge in [-0.25, -0.2) is 0 Å². The molecule has 5 rings (SSSR count). The maximum absolute atomic E-state index is 5.90. The van der Waals surface area contributed by atoms with E-state index in [4.69, 9.17) is 8.83 Å². The second kappa shape index (κ2) is 6.02. The molecule has 0 spiro atoms. The normalized spacial score (nSPS) is 22.9. The summed E-state index contributed by atoms with van der Waals surface area (Å²) in [5, 5.41) is 2.40. The molecule has 0 amide bonds. The first-order valence-corrected chi connectivity index (χ1v) is 10.0. The maximum atomic E-state index is 5.90. The number of fused-ring (bicyclic) bond motifs is 2. The largest absolute Gasteiger partial charge is 0.461 e. The molecule has 2 unspecified atom stereocenters. The van der Waals surface area contributed by atoms with Gasteiger partial charge in [0, 0.05) is 10.8 Å². The summed E-state index contributed by atoms with van der Waals surface area (Å²) in [7, 11) is 0. The molecular formula is C25H26O2. The van der Waals surface area contributed by atoms with E-state index in [1.165, 1.54) is 41.2 Å². The molecule has 0 bridgehead atoms. The molecule has 1 fully saturated rings. The summed E-state index contributed by atoms with van der Waals surface area (Å²) in [5.74, 6) is 2.60. The van der Waals surface area contributed by atoms with Gasteiger partial charge in [0.25, 0.3) is 0 Å². The topological polar surface area (TPSA) is 26.3 Å². The van der Waals surface area contributed by atoms with Crippen molar-refractivity contribution in [2.45, 2.75) is 51.9 Å². The molecule has 0 radical (unpaired) electrons. The zero-order chi connectivity index (χ0) is 18.6. The highest BCUT2D eigenvalue weighted by atomic mass is 16.3. The molecule has 1 aliphatic rings. The molecule has 27 heavy (non-hydrogen) atoms. The number of hydrogen-bond acceptors (Lipinski definition) is 2. The highest BCUT2D eigenvalue weighted by Crippen LogP contribution is 2.47. The van der Waals surface area contributed by atoms with Gasteiger partial charge in [0.05, 0.1) is 0 Å². The van der Waals surface area contributed by atoms with Crippen LogP contribution in [0.5, 0.6) is 0 Å². The standard InChI is InChI=1S/C25H26O2/c1-16-11-19-7-6-18(14-23(19)26-16)13-21-5-4-10-25(21,3)22-9-8-20-12-17(2)27-24(20)15-22/h6-9,11-12,14-15,21H,4-5,10,13H2,1-3H3. The lowest BCUT2D eigenvalue weighted by Gasteiger charge is -2.32. The molecule has 0 aliphatic heterocycles. The molecule has 2 aromatic carbocycles. The highest BCUT2D eigenvalue weighted by Gasteiger charge is 2.40. The smallest absolute Gasteiger partial charge is 0.134 e. The van der Waals surface area contributed by atoms with Crippen molar-refractivity contribution in [1.82, 2.24) is 0 Å². The van der Waals surface area contributed by atoms with Crippen molar-refractivity contribution in [1.29, 1.82) is 0 Å². The first-order chi connectivity index (χ1) is 13.0. The number of furan rings is 2. The van der Waals surface area contributed by atoms with E-state index in [-0.39, 0.29) is 5.41 Å². The fourth-order valence-corrected chi connectivity index (χ4v) is 5.08. The van der Waals surface area contributed by atoms with Crippen LogP contribution in [0, 0.1) is 19.8 Å². The Morgan fingerprint density at radius 2 is 1.56 bits per heavy atom. The van der Waals surface area contributed by atoms with Gasteiger partial charge in [-0.05, 0) is 79.8 Å². The van der Waals surface area contributed by atoms with E-state index in [0.29, 0.717) is 5.92 Å². The fraction of sp³-hybridized carbons (Fsp3) is 0.360. The molecule has 2 heterocycles. The zero-order valence-electron chi connectivity index (χ0n) is 16.3. The Balaban J connectivity index is 1.48. The van der Waals surface area contributed by atoms with Crippen LogP contribution in [-0.2, 0) is 11.8 Å². The minimum absolute atomic E-state index is 0.197. The van der Waals surface area contributed by atoms with Crippen LogP contribution >= 0.6 is 0 Å². The number of rotatable bonds is 3. The van der Waals surface area contributed by atoms with Crippen LogP contribution in [0.3, 0.4) is 0 Å². The third-order valence-corrected chi connectivity index (χ3v) is 6.64. The molecule has 1 saturated carbocycles. The average molecular weight is 358 g/mol. The molecule has 4 aromatic rings. The number of benzene rings is 2. The van der Waals surface area contributed by atoms with Crippen molar-refractivity contribution in [2.24, 2.45) is 5.92 Å². The Bertz CT molecular complexity index is 1130. The maximum Gasteiger partial charge on any atom is 0.134 e. The van der Waals surface area contributed by atoms with Gasteiger partial charge in [0.2, 0.25) is 0 Å². The summed E-state index contributed by atoms with van der Waals surface area (Å²) in [6, 6.07) is 17.8. The lowest BCUT2D eigenvalue weighted by Crippen LogP contribution is -2.28. The second-order valence-electron chi connectivity index (χ2n) is 8.55. The van der Waals surface area contributed by atoms with E-state index in [0.717, 1.165) is 29.1 Å². The highest BCUT2D eigenvalue weighted by molar-refractivity contribution is 5.79. The van der Waals surface area contributed by atoms with Crippen molar-refractivity contribution in [3.8, 4) is 0 Å². The predicted octanol–water partition coefficient (Wildman–Crippen LogP) is 7.10. The zero-order valence-corrected chi connectivity index (χ0v) is 16.3. The number of hydrogen-bond donors (Lipinski definition) is 0. The van der Waals surface area contributed by atoms with Crippen LogP contribution in [0.4, 0.5) is 0 Å². The van der Waals surface area contributed by atoms with Crippen LogP contribution in [0.1, 0.15) is 48.8 Å². The Morgan fingerprint density at radius 1 is 0.889 bits per heavy atom. The Labute approximate surface area is 160 Å². The minimum Gasteiger partial charge on any atom is -0.461 e. The van der Waals surface area contributed by atoms with Gasteiger partial charge in [0.15, 0.2) is 0 Å². The van der Waals surface area contributed by atoms with E-state index in [1.807, 2.05) is 13.8 Å².